The van der Waals surface area contributed by atoms with Gasteiger partial charge in [0.15, 0.2) is 0 Å². The lowest BCUT2D eigenvalue weighted by Gasteiger charge is -2.18. The number of hydrogen-bond donors (Lipinski definition) is 0. The van der Waals surface area contributed by atoms with E-state index in [1.165, 1.54) is 0 Å². The van der Waals surface area contributed by atoms with Gasteiger partial charge in [0.2, 0.25) is 0 Å². The minimum Gasteiger partial charge on any atom is -0.160 e. The van der Waals surface area contributed by atoms with Gasteiger partial charge < -0.3 is 0 Å². The molecule has 0 fully saturated rings. The molecule has 0 aliphatic rings. The third-order valence-electron chi connectivity index (χ3n) is 2.11. The fourth-order valence-electron chi connectivity index (χ4n) is 1.20. The maximum Gasteiger partial charge on any atom is 0.453 e. The van der Waals surface area contributed by atoms with E-state index in [4.69, 9.17) is 0 Å². The number of halogens is 3. The highest BCUT2D eigenvalue weighted by molar-refractivity contribution is 8.04. The molecule has 0 aliphatic heterocycles. The summed E-state index contributed by atoms with van der Waals surface area (Å²) in [5, 5.41) is 2.04. The molecule has 0 saturated carbocycles. The van der Waals surface area contributed by atoms with Crippen LogP contribution in [0.1, 0.15) is 31.9 Å². The van der Waals surface area contributed by atoms with Crippen LogP contribution in [0.5, 0.6) is 0 Å². The summed E-state index contributed by atoms with van der Waals surface area (Å²) < 4.78 is 35.5. The molecule has 92 valence electrons. The first-order valence-corrected chi connectivity index (χ1v) is 5.86. The van der Waals surface area contributed by atoms with Crippen LogP contribution in [0.25, 0.3) is 0 Å². The van der Waals surface area contributed by atoms with E-state index < -0.39 is 5.51 Å². The van der Waals surface area contributed by atoms with Crippen LogP contribution in [0.3, 0.4) is 0 Å². The number of hydrogen-bond acceptors (Lipinski definition) is 1. The third-order valence-corrected chi connectivity index (χ3v) is 2.55. The van der Waals surface area contributed by atoms with Crippen LogP contribution in [0.4, 0.5) is 13.2 Å². The standard InChI is InChI=1S/C13H13F3S/c1-12(2,3)11-6-4-10(5-7-11)8-9-17-13(14,15)16/h4-7H,1-3H3. The Hall–Kier alpha value is -1.08. The Morgan fingerprint density at radius 3 is 1.94 bits per heavy atom. The average molecular weight is 258 g/mol. The zero-order valence-electron chi connectivity index (χ0n) is 9.85. The van der Waals surface area contributed by atoms with Gasteiger partial charge in [-0.05, 0) is 28.4 Å². The van der Waals surface area contributed by atoms with Gasteiger partial charge in [-0.2, -0.15) is 13.2 Å². The monoisotopic (exact) mass is 258 g/mol. The molecule has 1 aromatic rings. The van der Waals surface area contributed by atoms with Gasteiger partial charge in [-0.1, -0.05) is 38.8 Å². The van der Waals surface area contributed by atoms with Crippen molar-refractivity contribution in [3.8, 4) is 11.2 Å². The molecule has 0 aromatic heterocycles. The van der Waals surface area contributed by atoms with Gasteiger partial charge in [0, 0.05) is 17.3 Å². The summed E-state index contributed by atoms with van der Waals surface area (Å²) in [7, 11) is 0. The van der Waals surface area contributed by atoms with Gasteiger partial charge in [0.1, 0.15) is 0 Å². The molecular weight excluding hydrogens is 245 g/mol. The van der Waals surface area contributed by atoms with Crippen molar-refractivity contribution in [3.05, 3.63) is 35.4 Å². The van der Waals surface area contributed by atoms with E-state index in [0.29, 0.717) is 5.56 Å². The Morgan fingerprint density at radius 2 is 1.53 bits per heavy atom. The van der Waals surface area contributed by atoms with Crippen molar-refractivity contribution in [1.82, 2.24) is 0 Å². The van der Waals surface area contributed by atoms with Crippen molar-refractivity contribution < 1.29 is 13.2 Å². The molecule has 0 aliphatic carbocycles. The molecule has 0 nitrogen and oxygen atoms in total. The van der Waals surface area contributed by atoms with Crippen LogP contribution < -0.4 is 0 Å². The average Bonchev–Trinajstić information content (AvgIpc) is 2.15. The van der Waals surface area contributed by atoms with Gasteiger partial charge in [0.25, 0.3) is 0 Å². The molecule has 0 bridgehead atoms. The number of benzene rings is 1. The maximum atomic E-state index is 11.8. The van der Waals surface area contributed by atoms with Crippen LogP contribution in [0.15, 0.2) is 24.3 Å². The Bertz CT molecular complexity index is 427. The first-order chi connectivity index (χ1) is 7.68. The molecule has 1 rings (SSSR count). The maximum absolute atomic E-state index is 11.8. The lowest BCUT2D eigenvalue weighted by atomic mass is 9.87. The Kier molecular flexibility index (Phi) is 4.16. The topological polar surface area (TPSA) is 0 Å². The minimum absolute atomic E-state index is 0.0344. The Labute approximate surface area is 104 Å². The summed E-state index contributed by atoms with van der Waals surface area (Å²) in [4.78, 5) is 0. The van der Waals surface area contributed by atoms with Crippen LogP contribution in [0, 0.1) is 11.2 Å². The summed E-state index contributed by atoms with van der Waals surface area (Å²) in [5.41, 5.74) is -2.54. The van der Waals surface area contributed by atoms with Crippen molar-refractivity contribution in [2.45, 2.75) is 31.7 Å². The molecule has 0 N–H and O–H groups in total. The first kappa shape index (κ1) is 14.0. The summed E-state index contributed by atoms with van der Waals surface area (Å²) >= 11 is -0.323. The zero-order chi connectivity index (χ0) is 13.1. The fraction of sp³-hybridized carbons (Fsp3) is 0.385. The van der Waals surface area contributed by atoms with E-state index in [9.17, 15) is 13.2 Å². The van der Waals surface area contributed by atoms with Crippen LogP contribution >= 0.6 is 11.8 Å². The fourth-order valence-corrected chi connectivity index (χ4v) is 1.48. The highest BCUT2D eigenvalue weighted by Gasteiger charge is 2.27. The van der Waals surface area contributed by atoms with E-state index in [1.807, 2.05) is 17.4 Å². The largest absolute Gasteiger partial charge is 0.453 e. The van der Waals surface area contributed by atoms with Crippen molar-refractivity contribution in [2.24, 2.45) is 0 Å². The molecule has 0 saturated heterocycles. The van der Waals surface area contributed by atoms with Gasteiger partial charge >= 0.3 is 5.51 Å². The predicted molar refractivity (Wildman–Crippen MR) is 65.7 cm³/mol. The first-order valence-electron chi connectivity index (χ1n) is 5.05. The van der Waals surface area contributed by atoms with E-state index >= 15 is 0 Å². The van der Waals surface area contributed by atoms with Crippen molar-refractivity contribution in [3.63, 3.8) is 0 Å². The number of rotatable bonds is 0. The molecule has 0 heterocycles. The summed E-state index contributed by atoms with van der Waals surface area (Å²) in [6.07, 6.45) is 0. The van der Waals surface area contributed by atoms with Crippen molar-refractivity contribution in [1.29, 1.82) is 0 Å². The predicted octanol–water partition coefficient (Wildman–Crippen LogP) is 4.55. The van der Waals surface area contributed by atoms with Crippen LogP contribution in [-0.2, 0) is 5.41 Å². The second kappa shape index (κ2) is 5.05. The lowest BCUT2D eigenvalue weighted by Crippen LogP contribution is -2.10. The molecular formula is C13H13F3S. The van der Waals surface area contributed by atoms with Crippen molar-refractivity contribution in [2.75, 3.05) is 0 Å². The summed E-state index contributed by atoms with van der Waals surface area (Å²) in [6, 6.07) is 7.26. The quantitative estimate of drug-likeness (QED) is 0.615. The summed E-state index contributed by atoms with van der Waals surface area (Å²) in [5.74, 6) is 2.47. The zero-order valence-corrected chi connectivity index (χ0v) is 10.7. The van der Waals surface area contributed by atoms with E-state index in [-0.39, 0.29) is 17.2 Å². The van der Waals surface area contributed by atoms with Gasteiger partial charge in [0.05, 0.1) is 0 Å². The lowest BCUT2D eigenvalue weighted by molar-refractivity contribution is -0.0318. The van der Waals surface area contributed by atoms with E-state index in [1.54, 1.807) is 12.1 Å². The van der Waals surface area contributed by atoms with Gasteiger partial charge in [-0.15, -0.1) is 0 Å². The van der Waals surface area contributed by atoms with Crippen LogP contribution in [0.2, 0.25) is 0 Å². The molecule has 0 unspecified atom stereocenters. The number of alkyl halides is 3. The third kappa shape index (κ3) is 5.18. The van der Waals surface area contributed by atoms with Crippen molar-refractivity contribution >= 4 is 11.8 Å². The second-order valence-corrected chi connectivity index (χ2v) is 5.47. The van der Waals surface area contributed by atoms with E-state index in [2.05, 4.69) is 26.7 Å². The molecule has 17 heavy (non-hydrogen) atoms. The molecule has 0 radical (unpaired) electrons. The molecule has 4 heteroatoms. The number of thioether (sulfide) groups is 1. The smallest absolute Gasteiger partial charge is 0.160 e. The molecule has 0 amide bonds. The second-order valence-electron chi connectivity index (χ2n) is 4.60. The summed E-state index contributed by atoms with van der Waals surface area (Å²) in [6.45, 7) is 6.23. The highest BCUT2D eigenvalue weighted by atomic mass is 32.2. The Balaban J connectivity index is 2.76. The molecule has 0 atom stereocenters. The van der Waals surface area contributed by atoms with Gasteiger partial charge in [-0.3, -0.25) is 0 Å². The SMILES string of the molecule is CC(C)(C)c1ccc(C#CSC(F)(F)F)cc1. The van der Waals surface area contributed by atoms with Crippen LogP contribution in [-0.4, -0.2) is 5.51 Å². The minimum atomic E-state index is -4.29. The highest BCUT2D eigenvalue weighted by Crippen LogP contribution is 2.29. The normalized spacial score (nSPS) is 11.9. The van der Waals surface area contributed by atoms with E-state index in [0.717, 1.165) is 5.56 Å². The Morgan fingerprint density at radius 1 is 1.00 bits per heavy atom. The van der Waals surface area contributed by atoms with Gasteiger partial charge in [-0.25, -0.2) is 0 Å². The molecule has 1 aromatic carbocycles. The molecule has 0 spiro atoms.